The van der Waals surface area contributed by atoms with Crippen LogP contribution in [-0.4, -0.2) is 25.5 Å². The Morgan fingerprint density at radius 1 is 1.07 bits per heavy atom. The molecule has 1 aliphatic rings. The Bertz CT molecular complexity index is 1060. The van der Waals surface area contributed by atoms with Crippen molar-refractivity contribution in [3.05, 3.63) is 69.5 Å². The standard InChI is InChI=1S/C21H20Cl3N5/c1-2-3-4-9-15(23)21-28-27-18-12-25-19(13-7-5-6-8-14(13)22)20-16(29(18)21)10-11-17(24)26-20/h5-8,10-11,15H,2-4,9,12H2,1H3. The molecule has 8 heteroatoms. The summed E-state index contributed by atoms with van der Waals surface area (Å²) >= 11 is 19.4. The monoisotopic (exact) mass is 447 g/mol. The fourth-order valence-electron chi connectivity index (χ4n) is 3.47. The summed E-state index contributed by atoms with van der Waals surface area (Å²) in [6, 6.07) is 11.2. The van der Waals surface area contributed by atoms with Gasteiger partial charge in [0.25, 0.3) is 0 Å². The summed E-state index contributed by atoms with van der Waals surface area (Å²) in [5.41, 5.74) is 2.93. The van der Waals surface area contributed by atoms with Crippen molar-refractivity contribution in [3.8, 4) is 5.69 Å². The van der Waals surface area contributed by atoms with Crippen molar-refractivity contribution >= 4 is 40.5 Å². The molecule has 0 fully saturated rings. The minimum Gasteiger partial charge on any atom is -0.278 e. The van der Waals surface area contributed by atoms with Crippen LogP contribution in [0.15, 0.2) is 41.4 Å². The van der Waals surface area contributed by atoms with Gasteiger partial charge in [0.15, 0.2) is 11.6 Å². The molecule has 1 atom stereocenters. The molecular formula is C21H20Cl3N5. The molecule has 0 bridgehead atoms. The average molecular weight is 449 g/mol. The smallest absolute Gasteiger partial charge is 0.159 e. The van der Waals surface area contributed by atoms with Crippen LogP contribution in [0.2, 0.25) is 10.2 Å². The van der Waals surface area contributed by atoms with E-state index in [1.807, 2.05) is 34.9 Å². The Labute approximate surface area is 184 Å². The first-order chi connectivity index (χ1) is 14.1. The highest BCUT2D eigenvalue weighted by atomic mass is 35.5. The highest BCUT2D eigenvalue weighted by molar-refractivity contribution is 6.35. The molecule has 3 heterocycles. The van der Waals surface area contributed by atoms with Crippen molar-refractivity contribution in [1.29, 1.82) is 0 Å². The largest absolute Gasteiger partial charge is 0.278 e. The Balaban J connectivity index is 1.83. The molecular weight excluding hydrogens is 429 g/mol. The van der Waals surface area contributed by atoms with Crippen molar-refractivity contribution in [3.63, 3.8) is 0 Å². The highest BCUT2D eigenvalue weighted by Crippen LogP contribution is 2.33. The minimum absolute atomic E-state index is 0.242. The molecule has 0 amide bonds. The van der Waals surface area contributed by atoms with Gasteiger partial charge in [-0.15, -0.1) is 21.8 Å². The fraction of sp³-hybridized carbons (Fsp3) is 0.333. The summed E-state index contributed by atoms with van der Waals surface area (Å²) in [4.78, 5) is 9.35. The quantitative estimate of drug-likeness (QED) is 0.257. The van der Waals surface area contributed by atoms with Gasteiger partial charge in [-0.2, -0.15) is 0 Å². The molecule has 4 rings (SSSR count). The van der Waals surface area contributed by atoms with Crippen LogP contribution in [0.5, 0.6) is 0 Å². The molecule has 2 aromatic heterocycles. The van der Waals surface area contributed by atoms with Gasteiger partial charge in [-0.1, -0.05) is 67.6 Å². The Hall–Kier alpha value is -1.95. The zero-order chi connectivity index (χ0) is 20.4. The van der Waals surface area contributed by atoms with Crippen molar-refractivity contribution < 1.29 is 0 Å². The molecule has 0 aliphatic carbocycles. The van der Waals surface area contributed by atoms with E-state index < -0.39 is 0 Å². The maximum atomic E-state index is 6.72. The second-order valence-electron chi connectivity index (χ2n) is 6.92. The zero-order valence-electron chi connectivity index (χ0n) is 15.9. The maximum Gasteiger partial charge on any atom is 0.159 e. The topological polar surface area (TPSA) is 56.0 Å². The number of alkyl halides is 1. The van der Waals surface area contributed by atoms with E-state index in [2.05, 4.69) is 22.1 Å². The van der Waals surface area contributed by atoms with Crippen LogP contribution in [0.25, 0.3) is 5.69 Å². The lowest BCUT2D eigenvalue weighted by atomic mass is 10.1. The molecule has 0 N–H and O–H groups in total. The third kappa shape index (κ3) is 4.04. The Kier molecular flexibility index (Phi) is 6.18. The van der Waals surface area contributed by atoms with Crippen LogP contribution >= 0.6 is 34.8 Å². The summed E-state index contributed by atoms with van der Waals surface area (Å²) < 4.78 is 1.97. The van der Waals surface area contributed by atoms with Gasteiger partial charge in [0.1, 0.15) is 17.4 Å². The first kappa shape index (κ1) is 20.3. The number of unbranched alkanes of at least 4 members (excludes halogenated alkanes) is 2. The molecule has 5 nitrogen and oxygen atoms in total. The van der Waals surface area contributed by atoms with Gasteiger partial charge < -0.3 is 0 Å². The van der Waals surface area contributed by atoms with Gasteiger partial charge in [-0.25, -0.2) is 4.98 Å². The fourth-order valence-corrected chi connectivity index (χ4v) is 4.14. The third-order valence-corrected chi connectivity index (χ3v) is 5.86. The van der Waals surface area contributed by atoms with E-state index in [-0.39, 0.29) is 5.38 Å². The molecule has 0 spiro atoms. The van der Waals surface area contributed by atoms with E-state index in [0.717, 1.165) is 36.9 Å². The van der Waals surface area contributed by atoms with Gasteiger partial charge in [-0.3, -0.25) is 9.56 Å². The minimum atomic E-state index is -0.242. The SMILES string of the molecule is CCCCCC(Cl)c1nnc2n1-c1ccc(Cl)nc1C(c1ccccc1Cl)=NC2. The van der Waals surface area contributed by atoms with Crippen LogP contribution in [0.4, 0.5) is 0 Å². The number of pyridine rings is 1. The normalized spacial score (nSPS) is 14.0. The van der Waals surface area contributed by atoms with Gasteiger partial charge in [0, 0.05) is 5.56 Å². The molecule has 150 valence electrons. The van der Waals surface area contributed by atoms with E-state index in [9.17, 15) is 0 Å². The summed E-state index contributed by atoms with van der Waals surface area (Å²) in [6.45, 7) is 2.52. The molecule has 3 aromatic rings. The molecule has 0 radical (unpaired) electrons. The highest BCUT2D eigenvalue weighted by Gasteiger charge is 2.27. The van der Waals surface area contributed by atoms with Crippen LogP contribution in [-0.2, 0) is 6.54 Å². The van der Waals surface area contributed by atoms with Crippen LogP contribution < -0.4 is 0 Å². The summed E-state index contributed by atoms with van der Waals surface area (Å²) in [5, 5.41) is 9.49. The van der Waals surface area contributed by atoms with Crippen LogP contribution in [0.3, 0.4) is 0 Å². The maximum absolute atomic E-state index is 6.72. The van der Waals surface area contributed by atoms with E-state index in [1.54, 1.807) is 6.07 Å². The van der Waals surface area contributed by atoms with E-state index in [4.69, 9.17) is 39.8 Å². The molecule has 0 saturated heterocycles. The van der Waals surface area contributed by atoms with Crippen molar-refractivity contribution in [2.75, 3.05) is 0 Å². The first-order valence-electron chi connectivity index (χ1n) is 9.65. The molecule has 1 unspecified atom stereocenters. The first-order valence-corrected chi connectivity index (χ1v) is 10.8. The van der Waals surface area contributed by atoms with E-state index >= 15 is 0 Å². The van der Waals surface area contributed by atoms with Gasteiger partial charge >= 0.3 is 0 Å². The second kappa shape index (κ2) is 8.82. The van der Waals surface area contributed by atoms with Crippen LogP contribution in [0, 0.1) is 0 Å². The molecule has 0 saturated carbocycles. The van der Waals surface area contributed by atoms with Crippen molar-refractivity contribution in [2.45, 2.75) is 44.5 Å². The van der Waals surface area contributed by atoms with Crippen molar-refractivity contribution in [2.24, 2.45) is 4.99 Å². The number of fused-ring (bicyclic) bond motifs is 3. The lowest BCUT2D eigenvalue weighted by Gasteiger charge is -2.15. The van der Waals surface area contributed by atoms with Gasteiger partial charge in [0.05, 0.1) is 21.8 Å². The number of benzene rings is 1. The Morgan fingerprint density at radius 2 is 1.90 bits per heavy atom. The number of hydrogen-bond donors (Lipinski definition) is 0. The number of rotatable bonds is 6. The summed E-state index contributed by atoms with van der Waals surface area (Å²) in [5.74, 6) is 1.42. The predicted molar refractivity (Wildman–Crippen MR) is 118 cm³/mol. The average Bonchev–Trinajstić information content (AvgIpc) is 3.07. The number of hydrogen-bond acceptors (Lipinski definition) is 4. The lowest BCUT2D eigenvalue weighted by molar-refractivity contribution is 0.631. The summed E-state index contributed by atoms with van der Waals surface area (Å²) in [7, 11) is 0. The number of halogens is 3. The van der Waals surface area contributed by atoms with Gasteiger partial charge in [-0.05, 0) is 24.6 Å². The van der Waals surface area contributed by atoms with Gasteiger partial charge in [0.2, 0.25) is 0 Å². The van der Waals surface area contributed by atoms with E-state index in [1.165, 1.54) is 0 Å². The van der Waals surface area contributed by atoms with E-state index in [0.29, 0.717) is 39.8 Å². The molecule has 1 aliphatic heterocycles. The predicted octanol–water partition coefficient (Wildman–Crippen LogP) is 6.18. The lowest BCUT2D eigenvalue weighted by Crippen LogP contribution is -2.13. The molecule has 1 aromatic carbocycles. The van der Waals surface area contributed by atoms with Crippen LogP contribution in [0.1, 0.15) is 60.9 Å². The Morgan fingerprint density at radius 3 is 2.69 bits per heavy atom. The second-order valence-corrected chi connectivity index (χ2v) is 8.24. The number of nitrogens with zero attached hydrogens (tertiary/aromatic N) is 5. The van der Waals surface area contributed by atoms with Crippen molar-refractivity contribution in [1.82, 2.24) is 19.7 Å². The molecule has 29 heavy (non-hydrogen) atoms. The summed E-state index contributed by atoms with van der Waals surface area (Å²) in [6.07, 6.45) is 4.15. The third-order valence-electron chi connectivity index (χ3n) is 4.91. The number of aromatic nitrogens is 4. The zero-order valence-corrected chi connectivity index (χ0v) is 18.2. The number of aliphatic imine (C=N–C) groups is 1.